The Labute approximate surface area is 98.6 Å². The number of likely N-dealkylation sites (tertiary alicyclic amines) is 1. The average molecular weight is 224 g/mol. The van der Waals surface area contributed by atoms with E-state index < -0.39 is 0 Å². The van der Waals surface area contributed by atoms with E-state index in [1.807, 2.05) is 0 Å². The Bertz CT molecular complexity index is 253. The number of hydrogen-bond donors (Lipinski definition) is 1. The van der Waals surface area contributed by atoms with E-state index in [0.717, 1.165) is 13.1 Å². The lowest BCUT2D eigenvalue weighted by Gasteiger charge is -2.43. The van der Waals surface area contributed by atoms with Gasteiger partial charge in [-0.3, -0.25) is 4.79 Å². The highest BCUT2D eigenvalue weighted by Gasteiger charge is 2.36. The van der Waals surface area contributed by atoms with Gasteiger partial charge in [-0.25, -0.2) is 0 Å². The van der Waals surface area contributed by atoms with Gasteiger partial charge in [-0.05, 0) is 52.1 Å². The SMILES string of the molecule is CC(C(=O)N1[C@H](C)CCC[C@@H]1C)C1CNC1. The van der Waals surface area contributed by atoms with Crippen LogP contribution in [-0.4, -0.2) is 36.0 Å². The summed E-state index contributed by atoms with van der Waals surface area (Å²) in [6.07, 6.45) is 3.61. The molecule has 16 heavy (non-hydrogen) atoms. The molecule has 0 radical (unpaired) electrons. The second-order valence-corrected chi connectivity index (χ2v) is 5.58. The zero-order valence-corrected chi connectivity index (χ0v) is 10.7. The minimum Gasteiger partial charge on any atom is -0.337 e. The molecule has 1 amide bonds. The highest BCUT2D eigenvalue weighted by molar-refractivity contribution is 5.79. The molecule has 3 atom stereocenters. The van der Waals surface area contributed by atoms with Crippen LogP contribution in [-0.2, 0) is 4.79 Å². The van der Waals surface area contributed by atoms with Crippen LogP contribution < -0.4 is 5.32 Å². The van der Waals surface area contributed by atoms with Gasteiger partial charge < -0.3 is 10.2 Å². The van der Waals surface area contributed by atoms with Gasteiger partial charge in [-0.1, -0.05) is 6.92 Å². The molecule has 2 saturated heterocycles. The van der Waals surface area contributed by atoms with Gasteiger partial charge in [0.1, 0.15) is 0 Å². The first-order valence-corrected chi connectivity index (χ1v) is 6.64. The molecule has 0 aromatic carbocycles. The monoisotopic (exact) mass is 224 g/mol. The Kier molecular flexibility index (Phi) is 3.53. The van der Waals surface area contributed by atoms with E-state index in [9.17, 15) is 4.79 Å². The third-order valence-corrected chi connectivity index (χ3v) is 4.36. The Balaban J connectivity index is 2.00. The maximum atomic E-state index is 12.5. The van der Waals surface area contributed by atoms with Gasteiger partial charge in [0, 0.05) is 18.0 Å². The van der Waals surface area contributed by atoms with Gasteiger partial charge in [-0.15, -0.1) is 0 Å². The summed E-state index contributed by atoms with van der Waals surface area (Å²) in [6.45, 7) is 8.52. The number of rotatable bonds is 2. The molecule has 92 valence electrons. The topological polar surface area (TPSA) is 32.3 Å². The van der Waals surface area contributed by atoms with Gasteiger partial charge in [0.25, 0.3) is 0 Å². The minimum absolute atomic E-state index is 0.198. The molecule has 0 aromatic rings. The number of amides is 1. The summed E-state index contributed by atoms with van der Waals surface area (Å²) in [4.78, 5) is 14.6. The molecule has 0 spiro atoms. The zero-order valence-electron chi connectivity index (χ0n) is 10.7. The molecule has 2 aliphatic heterocycles. The molecule has 2 rings (SSSR count). The molecule has 2 aliphatic rings. The maximum Gasteiger partial charge on any atom is 0.226 e. The number of carbonyl (C=O) groups is 1. The van der Waals surface area contributed by atoms with Gasteiger partial charge in [-0.2, -0.15) is 0 Å². The molecule has 3 heteroatoms. The van der Waals surface area contributed by atoms with Crippen molar-refractivity contribution in [1.82, 2.24) is 10.2 Å². The molecule has 3 nitrogen and oxygen atoms in total. The molecular weight excluding hydrogens is 200 g/mol. The second-order valence-electron chi connectivity index (χ2n) is 5.58. The third kappa shape index (κ3) is 2.10. The average Bonchev–Trinajstić information content (AvgIpc) is 2.14. The van der Waals surface area contributed by atoms with Gasteiger partial charge in [0.05, 0.1) is 0 Å². The van der Waals surface area contributed by atoms with Crippen molar-refractivity contribution in [3.05, 3.63) is 0 Å². The molecule has 0 saturated carbocycles. The predicted octanol–water partition coefficient (Wildman–Crippen LogP) is 1.63. The standard InChI is InChI=1S/C13H24N2O/c1-9-5-4-6-10(2)15(9)13(16)11(3)12-7-14-8-12/h9-12,14H,4-8H2,1-3H3/t9-,10+,11?. The molecule has 0 aromatic heterocycles. The summed E-state index contributed by atoms with van der Waals surface area (Å²) in [5.41, 5.74) is 0. The highest BCUT2D eigenvalue weighted by atomic mass is 16.2. The van der Waals surface area contributed by atoms with E-state index in [-0.39, 0.29) is 5.92 Å². The van der Waals surface area contributed by atoms with Crippen LogP contribution >= 0.6 is 0 Å². The number of piperidine rings is 1. The van der Waals surface area contributed by atoms with Crippen LogP contribution in [0.4, 0.5) is 0 Å². The van der Waals surface area contributed by atoms with Gasteiger partial charge >= 0.3 is 0 Å². The van der Waals surface area contributed by atoms with Crippen LogP contribution in [0.2, 0.25) is 0 Å². The fraction of sp³-hybridized carbons (Fsp3) is 0.923. The third-order valence-electron chi connectivity index (χ3n) is 4.36. The Morgan fingerprint density at radius 1 is 1.25 bits per heavy atom. The van der Waals surface area contributed by atoms with Crippen LogP contribution in [0.25, 0.3) is 0 Å². The molecule has 1 unspecified atom stereocenters. The minimum atomic E-state index is 0.198. The summed E-state index contributed by atoms with van der Waals surface area (Å²) in [5, 5.41) is 3.25. The molecule has 2 fully saturated rings. The quantitative estimate of drug-likeness (QED) is 0.773. The van der Waals surface area contributed by atoms with Crippen molar-refractivity contribution in [2.45, 2.75) is 52.1 Å². The summed E-state index contributed by atoms with van der Waals surface area (Å²) in [6, 6.07) is 0.874. The van der Waals surface area contributed by atoms with Crippen LogP contribution in [0.15, 0.2) is 0 Å². The van der Waals surface area contributed by atoms with Crippen molar-refractivity contribution >= 4 is 5.91 Å². The summed E-state index contributed by atoms with van der Waals surface area (Å²) in [7, 11) is 0. The Morgan fingerprint density at radius 2 is 1.81 bits per heavy atom. The highest BCUT2D eigenvalue weighted by Crippen LogP contribution is 2.27. The lowest BCUT2D eigenvalue weighted by atomic mass is 9.86. The van der Waals surface area contributed by atoms with Crippen LogP contribution in [0.5, 0.6) is 0 Å². The smallest absolute Gasteiger partial charge is 0.226 e. The number of hydrogen-bond acceptors (Lipinski definition) is 2. The fourth-order valence-electron chi connectivity index (χ4n) is 2.96. The molecule has 0 bridgehead atoms. The molecule has 1 N–H and O–H groups in total. The van der Waals surface area contributed by atoms with E-state index in [1.165, 1.54) is 19.3 Å². The Hall–Kier alpha value is -0.570. The van der Waals surface area contributed by atoms with Gasteiger partial charge in [0.2, 0.25) is 5.91 Å². The van der Waals surface area contributed by atoms with E-state index in [0.29, 0.717) is 23.9 Å². The van der Waals surface area contributed by atoms with Crippen molar-refractivity contribution in [2.24, 2.45) is 11.8 Å². The maximum absolute atomic E-state index is 12.5. The van der Waals surface area contributed by atoms with Crippen LogP contribution in [0, 0.1) is 11.8 Å². The van der Waals surface area contributed by atoms with E-state index in [4.69, 9.17) is 0 Å². The summed E-state index contributed by atoms with van der Waals surface area (Å²) < 4.78 is 0. The zero-order chi connectivity index (χ0) is 11.7. The van der Waals surface area contributed by atoms with Crippen LogP contribution in [0.1, 0.15) is 40.0 Å². The normalized spacial score (nSPS) is 33.3. The van der Waals surface area contributed by atoms with Crippen molar-refractivity contribution in [2.75, 3.05) is 13.1 Å². The lowest BCUT2D eigenvalue weighted by Crippen LogP contribution is -2.55. The summed E-state index contributed by atoms with van der Waals surface area (Å²) in [5.74, 6) is 1.14. The van der Waals surface area contributed by atoms with E-state index in [1.54, 1.807) is 0 Å². The van der Waals surface area contributed by atoms with Crippen molar-refractivity contribution in [3.63, 3.8) is 0 Å². The van der Waals surface area contributed by atoms with E-state index >= 15 is 0 Å². The Morgan fingerprint density at radius 3 is 2.25 bits per heavy atom. The number of carbonyl (C=O) groups excluding carboxylic acids is 1. The number of nitrogens with zero attached hydrogens (tertiary/aromatic N) is 1. The molecular formula is C13H24N2O. The van der Waals surface area contributed by atoms with Crippen molar-refractivity contribution < 1.29 is 4.79 Å². The van der Waals surface area contributed by atoms with Crippen molar-refractivity contribution in [3.8, 4) is 0 Å². The lowest BCUT2D eigenvalue weighted by molar-refractivity contribution is -0.143. The van der Waals surface area contributed by atoms with E-state index in [2.05, 4.69) is 31.0 Å². The van der Waals surface area contributed by atoms with Gasteiger partial charge in [0.15, 0.2) is 0 Å². The first-order valence-electron chi connectivity index (χ1n) is 6.64. The first-order chi connectivity index (χ1) is 7.61. The van der Waals surface area contributed by atoms with Crippen LogP contribution in [0.3, 0.4) is 0 Å². The second kappa shape index (κ2) is 4.74. The molecule has 0 aliphatic carbocycles. The number of nitrogens with one attached hydrogen (secondary N) is 1. The molecule has 2 heterocycles. The summed E-state index contributed by atoms with van der Waals surface area (Å²) >= 11 is 0. The first kappa shape index (κ1) is 11.9. The van der Waals surface area contributed by atoms with Crippen molar-refractivity contribution in [1.29, 1.82) is 0 Å². The largest absolute Gasteiger partial charge is 0.337 e. The predicted molar refractivity (Wildman–Crippen MR) is 65.1 cm³/mol. The fourth-order valence-corrected chi connectivity index (χ4v) is 2.96.